The van der Waals surface area contributed by atoms with Gasteiger partial charge in [-0.2, -0.15) is 5.04 Å². The van der Waals surface area contributed by atoms with Gasteiger partial charge in [-0.1, -0.05) is 0 Å². The highest BCUT2D eigenvalue weighted by atomic mass is 19.3. The Morgan fingerprint density at radius 3 is 2.60 bits per heavy atom. The maximum absolute atomic E-state index is 10.1. The third kappa shape index (κ3) is 3.11. The summed E-state index contributed by atoms with van der Waals surface area (Å²) < 4.78 is 10.1. The SMILES string of the molecule is O=C=NOF. The first kappa shape index (κ1) is 4.11. The van der Waals surface area contributed by atoms with Gasteiger partial charge < -0.3 is 0 Å². The first-order valence-electron chi connectivity index (χ1n) is 0.765. The van der Waals surface area contributed by atoms with E-state index in [0.29, 0.717) is 0 Å². The molecule has 0 radical (unpaired) electrons. The molecule has 0 atom stereocenters. The molecule has 0 bridgehead atoms. The number of hydrogen-bond acceptors (Lipinski definition) is 3. The Bertz CT molecular complexity index is 56.7. The van der Waals surface area contributed by atoms with Crippen LogP contribution < -0.4 is 0 Å². The van der Waals surface area contributed by atoms with Gasteiger partial charge in [-0.15, -0.1) is 0 Å². The molecule has 28 valence electrons. The summed E-state index contributed by atoms with van der Waals surface area (Å²) in [6.07, 6.45) is 0.795. The van der Waals surface area contributed by atoms with Gasteiger partial charge >= 0.3 is 0 Å². The van der Waals surface area contributed by atoms with Gasteiger partial charge in [0.05, 0.1) is 5.16 Å². The molecule has 4 heteroatoms. The van der Waals surface area contributed by atoms with Crippen molar-refractivity contribution in [3.63, 3.8) is 0 Å². The summed E-state index contributed by atoms with van der Waals surface area (Å²) in [6.45, 7) is 0. The third-order valence-corrected chi connectivity index (χ3v) is 0.0718. The lowest BCUT2D eigenvalue weighted by atomic mass is 11.7. The van der Waals surface area contributed by atoms with Crippen molar-refractivity contribution in [1.29, 1.82) is 0 Å². The molecule has 0 spiro atoms. The minimum Gasteiger partial charge on any atom is -0.208 e. The zero-order valence-electron chi connectivity index (χ0n) is 2.14. The highest BCUT2D eigenvalue weighted by molar-refractivity contribution is 5.31. The highest BCUT2D eigenvalue weighted by Crippen LogP contribution is 1.63. The highest BCUT2D eigenvalue weighted by Gasteiger charge is 1.54. The van der Waals surface area contributed by atoms with Crippen molar-refractivity contribution in [2.24, 2.45) is 5.16 Å². The molecule has 0 saturated heterocycles. The van der Waals surface area contributed by atoms with E-state index < -0.39 is 0 Å². The molecule has 0 aromatic heterocycles. The molecule has 0 aliphatic carbocycles. The van der Waals surface area contributed by atoms with Gasteiger partial charge in [-0.05, 0) is 0 Å². The lowest BCUT2D eigenvalue weighted by Crippen LogP contribution is -1.50. The molecule has 0 N–H and O–H groups in total. The van der Waals surface area contributed by atoms with Crippen molar-refractivity contribution >= 4 is 6.08 Å². The molecule has 3 nitrogen and oxygen atoms in total. The van der Waals surface area contributed by atoms with Crippen LogP contribution in [-0.2, 0) is 9.84 Å². The number of hydrogen-bond donors (Lipinski definition) is 0. The molecule has 5 heavy (non-hydrogen) atoms. The maximum atomic E-state index is 10.1. The van der Waals surface area contributed by atoms with Crippen LogP contribution in [0.5, 0.6) is 0 Å². The predicted molar refractivity (Wildman–Crippen MR) is 10.3 cm³/mol. The Hall–Kier alpha value is -0.890. The molecule has 0 saturated carbocycles. The second-order valence-electron chi connectivity index (χ2n) is 0.252. The second kappa shape index (κ2) is 3.11. The minimum atomic E-state index is 0.795. The largest absolute Gasteiger partial charge is 0.280 e. The van der Waals surface area contributed by atoms with Gasteiger partial charge in [0.15, 0.2) is 0 Å². The number of isocyanates is 1. The molecule has 0 amide bonds. The first-order chi connectivity index (χ1) is 2.41. The van der Waals surface area contributed by atoms with Crippen molar-refractivity contribution in [3.05, 3.63) is 0 Å². The summed E-state index contributed by atoms with van der Waals surface area (Å²) in [5.41, 5.74) is 0. The smallest absolute Gasteiger partial charge is 0.208 e. The van der Waals surface area contributed by atoms with Crippen LogP contribution in [-0.4, -0.2) is 6.08 Å². The summed E-state index contributed by atoms with van der Waals surface area (Å²) in [4.78, 5) is 8.75. The average molecular weight is 77.0 g/mol. The zero-order chi connectivity index (χ0) is 4.12. The van der Waals surface area contributed by atoms with Crippen molar-refractivity contribution in [3.8, 4) is 0 Å². The van der Waals surface area contributed by atoms with E-state index >= 15 is 0 Å². The van der Waals surface area contributed by atoms with Crippen LogP contribution in [0.4, 0.5) is 4.53 Å². The average Bonchev–Trinajstić information content (AvgIpc) is 1.41. The topological polar surface area (TPSA) is 38.7 Å². The minimum absolute atomic E-state index is 0.795. The van der Waals surface area contributed by atoms with Crippen LogP contribution in [0.3, 0.4) is 0 Å². The summed E-state index contributed by atoms with van der Waals surface area (Å²) in [5, 5.41) is 4.39. The van der Waals surface area contributed by atoms with E-state index in [4.69, 9.17) is 4.79 Å². The normalized spacial score (nSPS) is 5.00. The fraction of sp³-hybridized carbons (Fsp3) is 0. The van der Waals surface area contributed by atoms with Crippen LogP contribution in [0.25, 0.3) is 0 Å². The number of halogens is 1. The fourth-order valence-electron chi connectivity index (χ4n) is 0.0141. The number of nitrogens with zero attached hydrogens (tertiary/aromatic N) is 1. The first-order valence-corrected chi connectivity index (χ1v) is 0.765. The van der Waals surface area contributed by atoms with Gasteiger partial charge in [0.1, 0.15) is 0 Å². The maximum Gasteiger partial charge on any atom is 0.280 e. The van der Waals surface area contributed by atoms with Gasteiger partial charge in [0.25, 0.3) is 6.08 Å². The summed E-state index contributed by atoms with van der Waals surface area (Å²) in [5.74, 6) is 0. The van der Waals surface area contributed by atoms with Crippen molar-refractivity contribution < 1.29 is 14.4 Å². The van der Waals surface area contributed by atoms with E-state index in [-0.39, 0.29) is 0 Å². The van der Waals surface area contributed by atoms with E-state index in [1.165, 1.54) is 0 Å². The van der Waals surface area contributed by atoms with Crippen LogP contribution in [0, 0.1) is 0 Å². The quantitative estimate of drug-likeness (QED) is 0.253. The van der Waals surface area contributed by atoms with Crippen LogP contribution in [0.15, 0.2) is 5.16 Å². The van der Waals surface area contributed by atoms with E-state index in [0.717, 1.165) is 6.08 Å². The third-order valence-electron chi connectivity index (χ3n) is 0.0718. The number of rotatable bonds is 1. The summed E-state index contributed by atoms with van der Waals surface area (Å²) in [7, 11) is 0. The monoisotopic (exact) mass is 77.0 g/mol. The van der Waals surface area contributed by atoms with Gasteiger partial charge in [-0.3, -0.25) is 0 Å². The molecule has 0 aromatic carbocycles. The van der Waals surface area contributed by atoms with Crippen molar-refractivity contribution in [2.45, 2.75) is 0 Å². The fourth-order valence-corrected chi connectivity index (χ4v) is 0.0141. The lowest BCUT2D eigenvalue weighted by molar-refractivity contribution is -0.130. The molecule has 0 aliphatic rings. The summed E-state index contributed by atoms with van der Waals surface area (Å²) in [6, 6.07) is 0. The predicted octanol–water partition coefficient (Wildman–Crippen LogP) is 0.138. The molecule has 0 rings (SSSR count). The van der Waals surface area contributed by atoms with Gasteiger partial charge in [-0.25, -0.2) is 4.79 Å². The molecule has 0 fully saturated rings. The Balaban J connectivity index is 2.93. The van der Waals surface area contributed by atoms with Crippen LogP contribution in [0.2, 0.25) is 0 Å². The molecular formula is CFNO2. The van der Waals surface area contributed by atoms with Crippen LogP contribution in [0.1, 0.15) is 0 Å². The van der Waals surface area contributed by atoms with E-state index in [1.807, 2.05) is 5.16 Å². The molecule has 0 aliphatic heterocycles. The van der Waals surface area contributed by atoms with Crippen molar-refractivity contribution in [2.75, 3.05) is 0 Å². The Labute approximate surface area is 26.9 Å². The Kier molecular flexibility index (Phi) is 2.56. The van der Waals surface area contributed by atoms with Crippen LogP contribution >= 0.6 is 0 Å². The van der Waals surface area contributed by atoms with Gasteiger partial charge in [0.2, 0.25) is 0 Å². The molecule has 0 heterocycles. The van der Waals surface area contributed by atoms with Gasteiger partial charge in [0, 0.05) is 4.53 Å². The Morgan fingerprint density at radius 1 is 2.00 bits per heavy atom. The lowest BCUT2D eigenvalue weighted by Gasteiger charge is -1.57. The standard InChI is InChI=1S/CFNO2/c2-5-3-1-4. The zero-order valence-corrected chi connectivity index (χ0v) is 2.14. The number of carbonyl (C=O) groups excluding carboxylic acids is 1. The van der Waals surface area contributed by atoms with E-state index in [9.17, 15) is 4.53 Å². The van der Waals surface area contributed by atoms with E-state index in [1.54, 1.807) is 0 Å². The van der Waals surface area contributed by atoms with Crippen molar-refractivity contribution in [1.82, 2.24) is 0 Å². The van der Waals surface area contributed by atoms with E-state index in [2.05, 4.69) is 5.04 Å². The molecular weight excluding hydrogens is 77.0 g/mol. The molecule has 0 unspecified atom stereocenters. The Morgan fingerprint density at radius 2 is 2.60 bits per heavy atom. The summed E-state index contributed by atoms with van der Waals surface area (Å²) >= 11 is 0. The second-order valence-corrected chi connectivity index (χ2v) is 0.252. The molecule has 0 aromatic rings.